The Balaban J connectivity index is 1.54. The van der Waals surface area contributed by atoms with E-state index in [1.807, 2.05) is 22.4 Å². The average molecular weight is 415 g/mol. The zero-order valence-electron chi connectivity index (χ0n) is 16.1. The fraction of sp³-hybridized carbons (Fsp3) is 0.381. The molecule has 1 aliphatic rings. The van der Waals surface area contributed by atoms with Crippen molar-refractivity contribution in [3.05, 3.63) is 58.3 Å². The lowest BCUT2D eigenvalue weighted by molar-refractivity contribution is 0.0621. The molecule has 6 nitrogen and oxygen atoms in total. The molecule has 3 heterocycles. The van der Waals surface area contributed by atoms with Gasteiger partial charge in [-0.15, -0.1) is 11.3 Å². The van der Waals surface area contributed by atoms with Gasteiger partial charge in [0.05, 0.1) is 4.88 Å². The van der Waals surface area contributed by atoms with Crippen molar-refractivity contribution < 1.29 is 18.4 Å². The number of likely N-dealkylation sites (tertiary alicyclic amines) is 1. The zero-order valence-corrected chi connectivity index (χ0v) is 17.0. The van der Waals surface area contributed by atoms with Crippen LogP contribution in [0.2, 0.25) is 0 Å². The van der Waals surface area contributed by atoms with Gasteiger partial charge in [0, 0.05) is 37.8 Å². The van der Waals surface area contributed by atoms with Crippen LogP contribution in [0, 0.1) is 5.82 Å². The smallest absolute Gasteiger partial charge is 0.263 e. The Morgan fingerprint density at radius 2 is 2.03 bits per heavy atom. The van der Waals surface area contributed by atoms with Gasteiger partial charge in [-0.3, -0.25) is 4.79 Å². The van der Waals surface area contributed by atoms with Gasteiger partial charge in [0.25, 0.3) is 11.8 Å². The van der Waals surface area contributed by atoms with Gasteiger partial charge in [-0.2, -0.15) is 4.98 Å². The molecule has 0 saturated carbocycles. The third-order valence-corrected chi connectivity index (χ3v) is 6.37. The van der Waals surface area contributed by atoms with E-state index < -0.39 is 0 Å². The summed E-state index contributed by atoms with van der Waals surface area (Å²) in [5.74, 6) is 0.749. The summed E-state index contributed by atoms with van der Waals surface area (Å²) in [5, 5.41) is 6.16. The largest absolute Gasteiger partial charge is 0.385 e. The molecule has 4 rings (SSSR count). The number of benzene rings is 1. The van der Waals surface area contributed by atoms with Crippen molar-refractivity contribution in [3.63, 3.8) is 0 Å². The van der Waals surface area contributed by atoms with Crippen LogP contribution in [0.15, 0.2) is 46.3 Å². The van der Waals surface area contributed by atoms with E-state index in [2.05, 4.69) is 10.1 Å². The molecule has 3 aromatic rings. The number of methoxy groups -OCH3 is 1. The maximum Gasteiger partial charge on any atom is 0.263 e. The first-order valence-corrected chi connectivity index (χ1v) is 10.4. The number of thiophene rings is 1. The van der Waals surface area contributed by atoms with Crippen LogP contribution in [0.3, 0.4) is 0 Å². The first-order valence-electron chi connectivity index (χ1n) is 9.53. The molecule has 2 aromatic heterocycles. The van der Waals surface area contributed by atoms with Gasteiger partial charge >= 0.3 is 0 Å². The van der Waals surface area contributed by atoms with Crippen molar-refractivity contribution in [2.24, 2.45) is 0 Å². The van der Waals surface area contributed by atoms with Crippen molar-refractivity contribution in [1.29, 1.82) is 0 Å². The molecule has 0 atom stereocenters. The van der Waals surface area contributed by atoms with E-state index in [0.29, 0.717) is 37.0 Å². The molecule has 29 heavy (non-hydrogen) atoms. The van der Waals surface area contributed by atoms with E-state index in [1.165, 1.54) is 23.5 Å². The number of hydrogen-bond acceptors (Lipinski definition) is 6. The molecule has 0 unspecified atom stereocenters. The van der Waals surface area contributed by atoms with Gasteiger partial charge < -0.3 is 14.2 Å². The number of carbonyl (C=O) groups is 1. The number of hydrogen-bond donors (Lipinski definition) is 0. The lowest BCUT2D eigenvalue weighted by atomic mass is 9.75. The molecule has 0 radical (unpaired) electrons. The highest BCUT2D eigenvalue weighted by Crippen LogP contribution is 2.38. The highest BCUT2D eigenvalue weighted by molar-refractivity contribution is 7.12. The Hall–Kier alpha value is -2.58. The summed E-state index contributed by atoms with van der Waals surface area (Å²) in [6.07, 6.45) is 2.21. The van der Waals surface area contributed by atoms with Crippen LogP contribution in [0.4, 0.5) is 4.39 Å². The molecule has 1 saturated heterocycles. The summed E-state index contributed by atoms with van der Waals surface area (Å²) >= 11 is 1.46. The summed E-state index contributed by atoms with van der Waals surface area (Å²) in [6.45, 7) is 1.82. The third-order valence-electron chi connectivity index (χ3n) is 5.52. The Morgan fingerprint density at radius 1 is 1.28 bits per heavy atom. The van der Waals surface area contributed by atoms with E-state index in [9.17, 15) is 9.18 Å². The number of piperidine rings is 1. The highest BCUT2D eigenvalue weighted by atomic mass is 32.1. The molecule has 0 bridgehead atoms. The molecule has 1 aromatic carbocycles. The number of ether oxygens (including phenoxy) is 1. The number of halogens is 1. The molecule has 1 aliphatic heterocycles. The van der Waals surface area contributed by atoms with E-state index in [0.717, 1.165) is 24.1 Å². The molecule has 0 N–H and O–H groups in total. The van der Waals surface area contributed by atoms with Crippen molar-refractivity contribution in [2.75, 3.05) is 26.8 Å². The topological polar surface area (TPSA) is 68.5 Å². The summed E-state index contributed by atoms with van der Waals surface area (Å²) in [4.78, 5) is 19.9. The van der Waals surface area contributed by atoms with Gasteiger partial charge in [-0.1, -0.05) is 11.2 Å². The molecule has 1 amide bonds. The fourth-order valence-electron chi connectivity index (χ4n) is 3.73. The quantitative estimate of drug-likeness (QED) is 0.605. The van der Waals surface area contributed by atoms with E-state index in [4.69, 9.17) is 9.26 Å². The second-order valence-corrected chi connectivity index (χ2v) is 8.17. The Bertz CT molecular complexity index is 948. The second kappa shape index (κ2) is 8.42. The zero-order chi connectivity index (χ0) is 20.3. The molecule has 152 valence electrons. The van der Waals surface area contributed by atoms with Crippen LogP contribution in [0.5, 0.6) is 0 Å². The van der Waals surface area contributed by atoms with E-state index >= 15 is 0 Å². The maximum atomic E-state index is 13.2. The van der Waals surface area contributed by atoms with Crippen molar-refractivity contribution >= 4 is 17.2 Å². The van der Waals surface area contributed by atoms with Crippen LogP contribution in [0.1, 0.15) is 34.8 Å². The summed E-state index contributed by atoms with van der Waals surface area (Å²) < 4.78 is 24.0. The molecule has 8 heteroatoms. The van der Waals surface area contributed by atoms with Gasteiger partial charge in [0.2, 0.25) is 0 Å². The minimum Gasteiger partial charge on any atom is -0.385 e. The monoisotopic (exact) mass is 415 g/mol. The Morgan fingerprint density at radius 3 is 2.69 bits per heavy atom. The van der Waals surface area contributed by atoms with Crippen molar-refractivity contribution in [3.8, 4) is 11.5 Å². The number of rotatable bonds is 6. The van der Waals surface area contributed by atoms with Crippen LogP contribution >= 0.6 is 11.3 Å². The van der Waals surface area contributed by atoms with Gasteiger partial charge in [0.15, 0.2) is 5.82 Å². The molecular weight excluding hydrogens is 393 g/mol. The fourth-order valence-corrected chi connectivity index (χ4v) is 4.42. The summed E-state index contributed by atoms with van der Waals surface area (Å²) in [7, 11) is 1.67. The number of nitrogens with zero attached hydrogens (tertiary/aromatic N) is 3. The standard InChI is InChI=1S/C21H22FN3O3S/c1-27-13-10-21(8-11-25(12-9-21)19(26)17-3-2-14-29-17)20-23-18(28-24-20)15-4-6-16(22)7-5-15/h2-7,14H,8-13H2,1H3. The van der Waals surface area contributed by atoms with Crippen LogP contribution < -0.4 is 0 Å². The third kappa shape index (κ3) is 4.09. The number of amides is 1. The Labute approximate surface area is 172 Å². The summed E-state index contributed by atoms with van der Waals surface area (Å²) in [6, 6.07) is 9.73. The van der Waals surface area contributed by atoms with Crippen LogP contribution in [-0.2, 0) is 10.2 Å². The second-order valence-electron chi connectivity index (χ2n) is 7.22. The highest BCUT2D eigenvalue weighted by Gasteiger charge is 2.41. The van der Waals surface area contributed by atoms with Crippen LogP contribution in [-0.4, -0.2) is 47.8 Å². The lowest BCUT2D eigenvalue weighted by Gasteiger charge is -2.39. The first-order chi connectivity index (χ1) is 14.1. The van der Waals surface area contributed by atoms with Gasteiger partial charge in [0.1, 0.15) is 5.82 Å². The SMILES string of the molecule is COCCC1(c2noc(-c3ccc(F)cc3)n2)CCN(C(=O)c2cccs2)CC1. The van der Waals surface area contributed by atoms with E-state index in [1.54, 1.807) is 19.2 Å². The minimum absolute atomic E-state index is 0.0699. The Kier molecular flexibility index (Phi) is 5.73. The number of carbonyl (C=O) groups excluding carboxylic acids is 1. The van der Waals surface area contributed by atoms with Gasteiger partial charge in [-0.25, -0.2) is 4.39 Å². The first kappa shape index (κ1) is 19.7. The molecule has 1 fully saturated rings. The van der Waals surface area contributed by atoms with Gasteiger partial charge in [-0.05, 0) is 55.0 Å². The van der Waals surface area contributed by atoms with Crippen molar-refractivity contribution in [2.45, 2.75) is 24.7 Å². The predicted octanol–water partition coefficient (Wildman–Crippen LogP) is 4.15. The predicted molar refractivity (Wildman–Crippen MR) is 107 cm³/mol. The molecular formula is C21H22FN3O3S. The van der Waals surface area contributed by atoms with E-state index in [-0.39, 0.29) is 17.1 Å². The number of aromatic nitrogens is 2. The minimum atomic E-state index is -0.315. The normalized spacial score (nSPS) is 16.1. The lowest BCUT2D eigenvalue weighted by Crippen LogP contribution is -2.46. The van der Waals surface area contributed by atoms with Crippen molar-refractivity contribution in [1.82, 2.24) is 15.0 Å². The average Bonchev–Trinajstić information content (AvgIpc) is 3.45. The maximum absolute atomic E-state index is 13.2. The molecule has 0 aliphatic carbocycles. The van der Waals surface area contributed by atoms with Crippen LogP contribution in [0.25, 0.3) is 11.5 Å². The molecule has 0 spiro atoms. The summed E-state index contributed by atoms with van der Waals surface area (Å²) in [5.41, 5.74) is 0.363.